The van der Waals surface area contributed by atoms with Crippen molar-refractivity contribution in [2.75, 3.05) is 19.6 Å². The molecule has 0 aromatic heterocycles. The molecule has 0 saturated heterocycles. The molecule has 0 atom stereocenters. The van der Waals surface area contributed by atoms with Crippen LogP contribution in [0.4, 0.5) is 0 Å². The van der Waals surface area contributed by atoms with Gasteiger partial charge in [-0.3, -0.25) is 14.9 Å². The van der Waals surface area contributed by atoms with E-state index in [-0.39, 0.29) is 18.0 Å². The van der Waals surface area contributed by atoms with Crippen molar-refractivity contribution in [2.24, 2.45) is 0 Å². The molecule has 0 aliphatic rings. The SMILES string of the molecule is CCCCNCC(=O)O.CCC[N+](=O)[O-]. The van der Waals surface area contributed by atoms with Crippen LogP contribution in [0.1, 0.15) is 33.1 Å². The summed E-state index contributed by atoms with van der Waals surface area (Å²) in [6, 6.07) is 0. The van der Waals surface area contributed by atoms with Gasteiger partial charge in [0.2, 0.25) is 6.54 Å². The number of unbranched alkanes of at least 4 members (excludes halogenated alkanes) is 1. The van der Waals surface area contributed by atoms with Crippen LogP contribution in [0.2, 0.25) is 0 Å². The zero-order valence-electron chi connectivity index (χ0n) is 9.36. The van der Waals surface area contributed by atoms with Gasteiger partial charge in [0.25, 0.3) is 0 Å². The maximum atomic E-state index is 9.90. The summed E-state index contributed by atoms with van der Waals surface area (Å²) in [6.07, 6.45) is 2.78. The average molecular weight is 220 g/mol. The van der Waals surface area contributed by atoms with Crippen molar-refractivity contribution >= 4 is 5.97 Å². The van der Waals surface area contributed by atoms with Crippen molar-refractivity contribution < 1.29 is 14.8 Å². The minimum atomic E-state index is -0.786. The number of rotatable bonds is 7. The molecule has 90 valence electrons. The minimum absolute atomic E-state index is 0.0833. The molecule has 0 unspecified atom stereocenters. The van der Waals surface area contributed by atoms with Crippen LogP contribution in [-0.4, -0.2) is 35.6 Å². The number of nitrogens with zero attached hydrogens (tertiary/aromatic N) is 1. The molecular formula is C9H20N2O4. The molecule has 0 aromatic carbocycles. The van der Waals surface area contributed by atoms with Crippen LogP contribution in [0.3, 0.4) is 0 Å². The molecule has 6 heteroatoms. The van der Waals surface area contributed by atoms with Crippen molar-refractivity contribution in [3.63, 3.8) is 0 Å². The topological polar surface area (TPSA) is 92.5 Å². The number of carboxylic acid groups (broad SMARTS) is 1. The summed E-state index contributed by atoms with van der Waals surface area (Å²) in [5, 5.41) is 20.3. The lowest BCUT2D eigenvalue weighted by atomic mass is 10.3. The van der Waals surface area contributed by atoms with Crippen molar-refractivity contribution in [1.82, 2.24) is 5.32 Å². The third-order valence-corrected chi connectivity index (χ3v) is 1.39. The summed E-state index contributed by atoms with van der Waals surface area (Å²) < 4.78 is 0. The Morgan fingerprint density at radius 3 is 2.27 bits per heavy atom. The highest BCUT2D eigenvalue weighted by Crippen LogP contribution is 1.80. The van der Waals surface area contributed by atoms with Gasteiger partial charge in [-0.2, -0.15) is 0 Å². The molecule has 0 amide bonds. The highest BCUT2D eigenvalue weighted by molar-refractivity contribution is 5.68. The lowest BCUT2D eigenvalue weighted by Crippen LogP contribution is -2.23. The molecule has 0 fully saturated rings. The van der Waals surface area contributed by atoms with Crippen LogP contribution in [0, 0.1) is 10.1 Å². The Bertz CT molecular complexity index is 173. The molecule has 0 aliphatic carbocycles. The average Bonchev–Trinajstić information content (AvgIpc) is 2.13. The molecule has 0 saturated carbocycles. The number of nitrogens with one attached hydrogen (secondary N) is 1. The van der Waals surface area contributed by atoms with Gasteiger partial charge in [-0.05, 0) is 13.0 Å². The summed E-state index contributed by atoms with van der Waals surface area (Å²) in [6.45, 7) is 4.84. The van der Waals surface area contributed by atoms with Gasteiger partial charge in [0.05, 0.1) is 6.54 Å². The van der Waals surface area contributed by atoms with E-state index in [0.717, 1.165) is 19.4 Å². The summed E-state index contributed by atoms with van der Waals surface area (Å²) in [7, 11) is 0. The number of carbonyl (C=O) groups is 1. The first-order valence-electron chi connectivity index (χ1n) is 5.08. The van der Waals surface area contributed by atoms with E-state index in [1.165, 1.54) is 0 Å². The first kappa shape index (κ1) is 16.3. The fourth-order valence-electron chi connectivity index (χ4n) is 0.680. The zero-order chi connectivity index (χ0) is 12.1. The second-order valence-electron chi connectivity index (χ2n) is 2.98. The molecule has 2 N–H and O–H groups in total. The summed E-state index contributed by atoms with van der Waals surface area (Å²) in [4.78, 5) is 19.0. The van der Waals surface area contributed by atoms with Crippen molar-refractivity contribution in [1.29, 1.82) is 0 Å². The number of aliphatic carboxylic acids is 1. The van der Waals surface area contributed by atoms with E-state index in [4.69, 9.17) is 5.11 Å². The first-order valence-corrected chi connectivity index (χ1v) is 5.08. The highest BCUT2D eigenvalue weighted by atomic mass is 16.6. The zero-order valence-corrected chi connectivity index (χ0v) is 9.36. The fraction of sp³-hybridized carbons (Fsp3) is 0.889. The molecular weight excluding hydrogens is 200 g/mol. The van der Waals surface area contributed by atoms with Gasteiger partial charge in [0, 0.05) is 11.3 Å². The van der Waals surface area contributed by atoms with Gasteiger partial charge in [-0.25, -0.2) is 0 Å². The van der Waals surface area contributed by atoms with Crippen molar-refractivity contribution in [2.45, 2.75) is 33.1 Å². The van der Waals surface area contributed by atoms with E-state index in [0.29, 0.717) is 6.42 Å². The van der Waals surface area contributed by atoms with Crippen LogP contribution in [-0.2, 0) is 4.79 Å². The van der Waals surface area contributed by atoms with Gasteiger partial charge in [0.1, 0.15) is 0 Å². The maximum Gasteiger partial charge on any atom is 0.317 e. The van der Waals surface area contributed by atoms with E-state index < -0.39 is 5.97 Å². The number of carboxylic acids is 1. The molecule has 0 bridgehead atoms. The monoisotopic (exact) mass is 220 g/mol. The smallest absolute Gasteiger partial charge is 0.317 e. The van der Waals surface area contributed by atoms with Crippen molar-refractivity contribution in [3.8, 4) is 0 Å². The molecule has 0 aliphatic heterocycles. The van der Waals surface area contributed by atoms with Crippen LogP contribution in [0.15, 0.2) is 0 Å². The summed E-state index contributed by atoms with van der Waals surface area (Å²) in [5.74, 6) is -0.786. The second kappa shape index (κ2) is 12.8. The van der Waals surface area contributed by atoms with Crippen molar-refractivity contribution in [3.05, 3.63) is 10.1 Å². The Morgan fingerprint density at radius 1 is 1.40 bits per heavy atom. The molecule has 0 rings (SSSR count). The van der Waals surface area contributed by atoms with Crippen LogP contribution in [0.25, 0.3) is 0 Å². The molecule has 0 aromatic rings. The fourth-order valence-corrected chi connectivity index (χ4v) is 0.680. The Morgan fingerprint density at radius 2 is 2.00 bits per heavy atom. The standard InChI is InChI=1S/C6H13NO2.C3H7NO2/c1-2-3-4-7-5-6(8)9;1-2-3-4(5)6/h7H,2-5H2,1H3,(H,8,9);2-3H2,1H3. The Kier molecular flexibility index (Phi) is 13.9. The number of hydrogen-bond acceptors (Lipinski definition) is 4. The van der Waals surface area contributed by atoms with Gasteiger partial charge >= 0.3 is 5.97 Å². The summed E-state index contributed by atoms with van der Waals surface area (Å²) in [5.41, 5.74) is 0. The third-order valence-electron chi connectivity index (χ3n) is 1.39. The van der Waals surface area contributed by atoms with Gasteiger partial charge in [0.15, 0.2) is 0 Å². The predicted molar refractivity (Wildman–Crippen MR) is 57.6 cm³/mol. The largest absolute Gasteiger partial charge is 0.480 e. The van der Waals surface area contributed by atoms with E-state index >= 15 is 0 Å². The Balaban J connectivity index is 0. The normalized spacial score (nSPS) is 8.93. The third kappa shape index (κ3) is 24.5. The molecule has 0 spiro atoms. The molecule has 15 heavy (non-hydrogen) atoms. The summed E-state index contributed by atoms with van der Waals surface area (Å²) >= 11 is 0. The van der Waals surface area contributed by atoms with Crippen LogP contribution in [0.5, 0.6) is 0 Å². The molecule has 6 nitrogen and oxygen atoms in total. The van der Waals surface area contributed by atoms with Crippen LogP contribution < -0.4 is 5.32 Å². The predicted octanol–water partition coefficient (Wildman–Crippen LogP) is 1.13. The van der Waals surface area contributed by atoms with E-state index in [2.05, 4.69) is 12.2 Å². The van der Waals surface area contributed by atoms with E-state index in [1.807, 2.05) is 0 Å². The first-order chi connectivity index (χ1) is 7.04. The van der Waals surface area contributed by atoms with Gasteiger partial charge in [-0.15, -0.1) is 0 Å². The number of nitro groups is 1. The van der Waals surface area contributed by atoms with Gasteiger partial charge in [-0.1, -0.05) is 20.3 Å². The quantitative estimate of drug-likeness (QED) is 0.381. The number of hydrogen-bond donors (Lipinski definition) is 2. The Hall–Kier alpha value is -1.17. The van der Waals surface area contributed by atoms with Gasteiger partial charge < -0.3 is 10.4 Å². The second-order valence-corrected chi connectivity index (χ2v) is 2.98. The minimum Gasteiger partial charge on any atom is -0.480 e. The Labute approximate surface area is 89.8 Å². The maximum absolute atomic E-state index is 9.90. The van der Waals surface area contributed by atoms with E-state index in [9.17, 15) is 14.9 Å². The lowest BCUT2D eigenvalue weighted by molar-refractivity contribution is -0.479. The molecule has 0 radical (unpaired) electrons. The van der Waals surface area contributed by atoms with Crippen LogP contribution >= 0.6 is 0 Å². The lowest BCUT2D eigenvalue weighted by Gasteiger charge is -1.96. The highest BCUT2D eigenvalue weighted by Gasteiger charge is 1.91. The molecule has 0 heterocycles. The van der Waals surface area contributed by atoms with E-state index in [1.54, 1.807) is 6.92 Å².